The van der Waals surface area contributed by atoms with Gasteiger partial charge in [0.1, 0.15) is 11.3 Å². The van der Waals surface area contributed by atoms with Crippen LogP contribution in [0.4, 0.5) is 13.2 Å². The lowest BCUT2D eigenvalue weighted by atomic mass is 10.0. The third-order valence-electron chi connectivity index (χ3n) is 4.43. The van der Waals surface area contributed by atoms with Gasteiger partial charge in [-0.05, 0) is 66.8 Å². The number of unbranched alkanes of at least 4 members (excludes halogenated alkanes) is 1. The fourth-order valence-electron chi connectivity index (χ4n) is 3.03. The van der Waals surface area contributed by atoms with E-state index in [-0.39, 0.29) is 0 Å². The molecule has 0 aliphatic carbocycles. The molecule has 0 aliphatic heterocycles. The summed E-state index contributed by atoms with van der Waals surface area (Å²) in [4.78, 5) is 0. The zero-order valence-corrected chi connectivity index (χ0v) is 14.7. The minimum atomic E-state index is -4.28. The van der Waals surface area contributed by atoms with Crippen molar-refractivity contribution in [3.8, 4) is 12.3 Å². The van der Waals surface area contributed by atoms with Crippen LogP contribution in [0.5, 0.6) is 0 Å². The number of fused-ring (bicyclic) bond motifs is 1. The van der Waals surface area contributed by atoms with Crippen molar-refractivity contribution in [3.63, 3.8) is 0 Å². The second kappa shape index (κ2) is 8.18. The highest BCUT2D eigenvalue weighted by Crippen LogP contribution is 2.29. The monoisotopic (exact) mass is 368 g/mol. The minimum absolute atomic E-state index is 0.608. The average molecular weight is 368 g/mol. The molecule has 0 aliphatic rings. The van der Waals surface area contributed by atoms with Gasteiger partial charge in [0.25, 0.3) is 0 Å². The van der Waals surface area contributed by atoms with Gasteiger partial charge in [-0.2, -0.15) is 13.2 Å². The third-order valence-corrected chi connectivity index (χ3v) is 4.43. The molecule has 3 rings (SSSR count). The quantitative estimate of drug-likeness (QED) is 0.350. The van der Waals surface area contributed by atoms with Crippen molar-refractivity contribution in [2.45, 2.75) is 31.9 Å². The molecule has 0 fully saturated rings. The van der Waals surface area contributed by atoms with Gasteiger partial charge in [0.05, 0.1) is 5.56 Å². The van der Waals surface area contributed by atoms with Crippen LogP contribution in [0.2, 0.25) is 0 Å². The Kier molecular flexibility index (Phi) is 5.71. The van der Waals surface area contributed by atoms with Crippen LogP contribution in [-0.2, 0) is 19.0 Å². The molecule has 1 heterocycles. The fourth-order valence-corrected chi connectivity index (χ4v) is 3.03. The number of rotatable bonds is 6. The fraction of sp³-hybridized carbons (Fsp3) is 0.217. The number of hydrogen-bond acceptors (Lipinski definition) is 1. The molecule has 0 unspecified atom stereocenters. The van der Waals surface area contributed by atoms with Crippen LogP contribution in [0, 0.1) is 12.3 Å². The van der Waals surface area contributed by atoms with E-state index < -0.39 is 11.7 Å². The third kappa shape index (κ3) is 4.83. The van der Waals surface area contributed by atoms with Gasteiger partial charge >= 0.3 is 6.18 Å². The number of aryl methyl sites for hydroxylation is 2. The number of benzene rings is 2. The van der Waals surface area contributed by atoms with E-state index in [0.717, 1.165) is 65.7 Å². The molecule has 4 heteroatoms. The summed E-state index contributed by atoms with van der Waals surface area (Å²) >= 11 is 0. The summed E-state index contributed by atoms with van der Waals surface area (Å²) in [6.07, 6.45) is 7.83. The average Bonchev–Trinajstić information content (AvgIpc) is 3.07. The van der Waals surface area contributed by atoms with Gasteiger partial charge in [-0.15, -0.1) is 6.42 Å². The van der Waals surface area contributed by atoms with Gasteiger partial charge < -0.3 is 4.42 Å². The smallest absolute Gasteiger partial charge is 0.416 e. The van der Waals surface area contributed by atoms with Crippen LogP contribution in [0.1, 0.15) is 35.3 Å². The second-order valence-electron chi connectivity index (χ2n) is 6.37. The van der Waals surface area contributed by atoms with Gasteiger partial charge in [0, 0.05) is 11.8 Å². The van der Waals surface area contributed by atoms with Crippen LogP contribution in [0.25, 0.3) is 17.0 Å². The molecule has 0 amide bonds. The molecular weight excluding hydrogens is 349 g/mol. The van der Waals surface area contributed by atoms with Gasteiger partial charge in [0.2, 0.25) is 0 Å². The van der Waals surface area contributed by atoms with Crippen molar-refractivity contribution in [2.75, 3.05) is 0 Å². The largest absolute Gasteiger partial charge is 0.461 e. The van der Waals surface area contributed by atoms with E-state index >= 15 is 0 Å². The van der Waals surface area contributed by atoms with Crippen molar-refractivity contribution in [2.24, 2.45) is 0 Å². The Bertz CT molecular complexity index is 970. The van der Waals surface area contributed by atoms with Crippen molar-refractivity contribution in [3.05, 3.63) is 77.1 Å². The van der Waals surface area contributed by atoms with Crippen LogP contribution < -0.4 is 0 Å². The highest BCUT2D eigenvalue weighted by molar-refractivity contribution is 5.87. The molecule has 1 nitrogen and oxygen atoms in total. The number of hydrogen-bond donors (Lipinski definition) is 0. The van der Waals surface area contributed by atoms with E-state index in [1.807, 2.05) is 30.3 Å². The lowest BCUT2D eigenvalue weighted by Crippen LogP contribution is -2.04. The Morgan fingerprint density at radius 3 is 2.44 bits per heavy atom. The minimum Gasteiger partial charge on any atom is -0.461 e. The van der Waals surface area contributed by atoms with Crippen molar-refractivity contribution in [1.29, 1.82) is 0 Å². The zero-order chi connectivity index (χ0) is 19.3. The van der Waals surface area contributed by atoms with Crippen LogP contribution >= 0.6 is 0 Å². The number of halogens is 3. The van der Waals surface area contributed by atoms with E-state index in [0.29, 0.717) is 0 Å². The molecule has 3 aromatic rings. The first kappa shape index (κ1) is 18.8. The normalized spacial score (nSPS) is 11.9. The summed E-state index contributed by atoms with van der Waals surface area (Å²) in [5, 5.41) is 1.03. The maximum Gasteiger partial charge on any atom is 0.416 e. The Labute approximate surface area is 156 Å². The molecule has 27 heavy (non-hydrogen) atoms. The molecule has 2 aromatic carbocycles. The summed E-state index contributed by atoms with van der Waals surface area (Å²) < 4.78 is 43.6. The summed E-state index contributed by atoms with van der Waals surface area (Å²) in [5.74, 6) is 3.39. The van der Waals surface area contributed by atoms with Crippen LogP contribution in [0.15, 0.2) is 59.0 Å². The first-order chi connectivity index (χ1) is 13.0. The Balaban J connectivity index is 1.56. The van der Waals surface area contributed by atoms with Gasteiger partial charge in [0.15, 0.2) is 0 Å². The maximum absolute atomic E-state index is 12.6. The molecule has 0 bridgehead atoms. The number of terminal acetylenes is 1. The van der Waals surface area contributed by atoms with Crippen molar-refractivity contribution in [1.82, 2.24) is 0 Å². The van der Waals surface area contributed by atoms with Crippen LogP contribution in [0.3, 0.4) is 0 Å². The predicted molar refractivity (Wildman–Crippen MR) is 102 cm³/mol. The molecule has 1 aromatic heterocycles. The SMILES string of the molecule is C#C/C=C/c1cccc2oc(CCCCc3ccc(C(F)(F)F)cc3)cc12. The summed E-state index contributed by atoms with van der Waals surface area (Å²) in [7, 11) is 0. The Morgan fingerprint density at radius 2 is 1.74 bits per heavy atom. The van der Waals surface area contributed by atoms with E-state index in [4.69, 9.17) is 10.8 Å². The lowest BCUT2D eigenvalue weighted by molar-refractivity contribution is -0.137. The molecule has 0 atom stereocenters. The second-order valence-corrected chi connectivity index (χ2v) is 6.37. The number of allylic oxidation sites excluding steroid dienone is 1. The topological polar surface area (TPSA) is 13.1 Å². The van der Waals surface area contributed by atoms with E-state index in [1.54, 1.807) is 18.2 Å². The summed E-state index contributed by atoms with van der Waals surface area (Å²) in [6.45, 7) is 0. The lowest BCUT2D eigenvalue weighted by Gasteiger charge is -2.07. The van der Waals surface area contributed by atoms with E-state index in [2.05, 4.69) is 5.92 Å². The summed E-state index contributed by atoms with van der Waals surface area (Å²) in [5.41, 5.74) is 2.15. The highest BCUT2D eigenvalue weighted by atomic mass is 19.4. The first-order valence-corrected chi connectivity index (χ1v) is 8.77. The maximum atomic E-state index is 12.6. The molecule has 0 spiro atoms. The zero-order valence-electron chi connectivity index (χ0n) is 14.7. The first-order valence-electron chi connectivity index (χ1n) is 8.77. The molecule has 0 N–H and O–H groups in total. The van der Waals surface area contributed by atoms with Gasteiger partial charge in [-0.25, -0.2) is 0 Å². The predicted octanol–water partition coefficient (Wildman–Crippen LogP) is 6.66. The van der Waals surface area contributed by atoms with Crippen molar-refractivity contribution >= 4 is 17.0 Å². The van der Waals surface area contributed by atoms with Crippen molar-refractivity contribution < 1.29 is 17.6 Å². The highest BCUT2D eigenvalue weighted by Gasteiger charge is 2.29. The molecule has 0 saturated heterocycles. The Morgan fingerprint density at radius 1 is 1.00 bits per heavy atom. The molecule has 0 radical (unpaired) electrons. The standard InChI is InChI=1S/C23H19F3O/c1-2-3-8-18-9-6-11-22-21(18)16-20(27-22)10-5-4-7-17-12-14-19(15-13-17)23(24,25)26/h1,3,6,8-9,11-16H,4-5,7,10H2/b8-3+. The van der Waals surface area contributed by atoms with Gasteiger partial charge in [-0.1, -0.05) is 30.2 Å². The molecule has 138 valence electrons. The van der Waals surface area contributed by atoms with Crippen LogP contribution in [-0.4, -0.2) is 0 Å². The number of furan rings is 1. The molecule has 0 saturated carbocycles. The molecular formula is C23H19F3O. The van der Waals surface area contributed by atoms with E-state index in [1.165, 1.54) is 0 Å². The summed E-state index contributed by atoms with van der Waals surface area (Å²) in [6, 6.07) is 13.2. The Hall–Kier alpha value is -2.93. The van der Waals surface area contributed by atoms with Gasteiger partial charge in [-0.3, -0.25) is 0 Å². The number of alkyl halides is 3. The van der Waals surface area contributed by atoms with E-state index in [9.17, 15) is 13.2 Å².